The van der Waals surface area contributed by atoms with E-state index >= 15 is 0 Å². The largest absolute Gasteiger partial charge is 0.337 e. The second-order valence-corrected chi connectivity index (χ2v) is 8.47. The lowest BCUT2D eigenvalue weighted by atomic mass is 10.1. The van der Waals surface area contributed by atoms with E-state index in [0.717, 1.165) is 37.5 Å². The average Bonchev–Trinajstić information content (AvgIpc) is 3.40. The summed E-state index contributed by atoms with van der Waals surface area (Å²) in [6, 6.07) is 28.5. The van der Waals surface area contributed by atoms with Crippen LogP contribution in [0.2, 0.25) is 0 Å². The number of hydrogen-bond acceptors (Lipinski definition) is 4. The second-order valence-electron chi connectivity index (χ2n) is 6.69. The van der Waals surface area contributed by atoms with E-state index in [4.69, 9.17) is 0 Å². The van der Waals surface area contributed by atoms with Crippen molar-refractivity contribution in [2.75, 3.05) is 4.90 Å². The van der Waals surface area contributed by atoms with Crippen molar-refractivity contribution < 1.29 is 0 Å². The summed E-state index contributed by atoms with van der Waals surface area (Å²) in [6.45, 7) is 0. The van der Waals surface area contributed by atoms with Crippen molar-refractivity contribution in [3.8, 4) is 6.07 Å². The molecule has 144 valence electrons. The molecule has 0 radical (unpaired) electrons. The van der Waals surface area contributed by atoms with E-state index in [2.05, 4.69) is 54.4 Å². The van der Waals surface area contributed by atoms with Crippen LogP contribution in [0.4, 0.5) is 5.69 Å². The first kappa shape index (κ1) is 18.7. The lowest BCUT2D eigenvalue weighted by molar-refractivity contribution is 1.23. The molecular formula is C24H15BrN4S. The van der Waals surface area contributed by atoms with Gasteiger partial charge in [0.25, 0.3) is 0 Å². The summed E-state index contributed by atoms with van der Waals surface area (Å²) in [5, 5.41) is 13.0. The zero-order chi connectivity index (χ0) is 20.5. The van der Waals surface area contributed by atoms with Gasteiger partial charge in [0.15, 0.2) is 5.82 Å². The van der Waals surface area contributed by atoms with Gasteiger partial charge >= 0.3 is 0 Å². The van der Waals surface area contributed by atoms with Gasteiger partial charge in [0, 0.05) is 15.6 Å². The van der Waals surface area contributed by atoms with Crippen LogP contribution in [0.15, 0.2) is 93.8 Å². The van der Waals surface area contributed by atoms with Gasteiger partial charge in [0.2, 0.25) is 0 Å². The van der Waals surface area contributed by atoms with Crippen molar-refractivity contribution >= 4 is 55.7 Å². The fraction of sp³-hybridized carbons (Fsp3) is 0. The molecule has 0 fully saturated rings. The number of nitrogens with one attached hydrogen (secondary N) is 1. The number of halogens is 1. The van der Waals surface area contributed by atoms with Crippen LogP contribution in [0.3, 0.4) is 0 Å². The van der Waals surface area contributed by atoms with Gasteiger partial charge in [-0.1, -0.05) is 70.2 Å². The molecule has 5 rings (SSSR count). The van der Waals surface area contributed by atoms with E-state index < -0.39 is 0 Å². The van der Waals surface area contributed by atoms with Crippen LogP contribution in [-0.2, 0) is 0 Å². The maximum Gasteiger partial charge on any atom is 0.151 e. The molecule has 1 aliphatic heterocycles. The predicted molar refractivity (Wildman–Crippen MR) is 127 cm³/mol. The standard InChI is InChI=1S/C24H15BrN4S/c25-17-12-10-16(11-13-17)22-15-30-24(29(22)18-6-2-1-3-7-18)19(14-26)23-27-20-8-4-5-9-21(20)28-23/h1-13,15H,(H,27,28)/b24-19+. The van der Waals surface area contributed by atoms with Crippen LogP contribution in [0.25, 0.3) is 22.3 Å². The van der Waals surface area contributed by atoms with Gasteiger partial charge in [0.05, 0.1) is 16.7 Å². The number of benzene rings is 3. The van der Waals surface area contributed by atoms with Gasteiger partial charge in [-0.2, -0.15) is 5.26 Å². The number of para-hydroxylation sites is 3. The number of nitrogens with zero attached hydrogens (tertiary/aromatic N) is 3. The van der Waals surface area contributed by atoms with Gasteiger partial charge < -0.3 is 9.88 Å². The zero-order valence-electron chi connectivity index (χ0n) is 15.7. The molecule has 2 heterocycles. The minimum atomic E-state index is 0.517. The number of aromatic nitrogens is 2. The number of nitriles is 1. The highest BCUT2D eigenvalue weighted by Crippen LogP contribution is 2.45. The van der Waals surface area contributed by atoms with Crippen molar-refractivity contribution in [3.63, 3.8) is 0 Å². The maximum absolute atomic E-state index is 10.1. The third kappa shape index (κ3) is 3.32. The molecule has 6 heteroatoms. The average molecular weight is 471 g/mol. The molecular weight excluding hydrogens is 456 g/mol. The molecule has 4 nitrogen and oxygen atoms in total. The summed E-state index contributed by atoms with van der Waals surface area (Å²) >= 11 is 5.04. The molecule has 1 N–H and O–H groups in total. The Labute approximate surface area is 186 Å². The van der Waals surface area contributed by atoms with E-state index in [-0.39, 0.29) is 0 Å². The Morgan fingerprint density at radius 1 is 0.967 bits per heavy atom. The van der Waals surface area contributed by atoms with Gasteiger partial charge in [-0.05, 0) is 42.0 Å². The lowest BCUT2D eigenvalue weighted by Crippen LogP contribution is -2.17. The Balaban J connectivity index is 1.68. The van der Waals surface area contributed by atoms with Crippen LogP contribution in [0.5, 0.6) is 0 Å². The van der Waals surface area contributed by atoms with Gasteiger partial charge in [-0.25, -0.2) is 4.98 Å². The van der Waals surface area contributed by atoms with E-state index in [1.54, 1.807) is 0 Å². The normalized spacial score (nSPS) is 15.2. The number of thioether (sulfide) groups is 1. The van der Waals surface area contributed by atoms with Crippen LogP contribution in [-0.4, -0.2) is 9.97 Å². The molecule has 3 aromatic carbocycles. The molecule has 0 bridgehead atoms. The molecule has 4 aromatic rings. The number of fused-ring (bicyclic) bond motifs is 1. The highest BCUT2D eigenvalue weighted by atomic mass is 79.9. The smallest absolute Gasteiger partial charge is 0.151 e. The number of allylic oxidation sites excluding steroid dienone is 1. The van der Waals surface area contributed by atoms with Gasteiger partial charge in [-0.15, -0.1) is 0 Å². The highest BCUT2D eigenvalue weighted by Gasteiger charge is 2.29. The first-order valence-electron chi connectivity index (χ1n) is 9.32. The fourth-order valence-corrected chi connectivity index (χ4v) is 4.72. The number of anilines is 1. The second kappa shape index (κ2) is 7.86. The summed E-state index contributed by atoms with van der Waals surface area (Å²) in [6.07, 6.45) is 0. The summed E-state index contributed by atoms with van der Waals surface area (Å²) < 4.78 is 1.03. The summed E-state index contributed by atoms with van der Waals surface area (Å²) in [7, 11) is 0. The van der Waals surface area contributed by atoms with E-state index in [1.165, 1.54) is 11.8 Å². The lowest BCUT2D eigenvalue weighted by Gasteiger charge is -2.24. The van der Waals surface area contributed by atoms with Gasteiger partial charge in [0.1, 0.15) is 16.7 Å². The van der Waals surface area contributed by atoms with Crippen LogP contribution < -0.4 is 4.90 Å². The summed E-state index contributed by atoms with van der Waals surface area (Å²) in [5.41, 5.74) is 5.37. The Hall–Kier alpha value is -3.27. The molecule has 30 heavy (non-hydrogen) atoms. The fourth-order valence-electron chi connectivity index (χ4n) is 3.42. The van der Waals surface area contributed by atoms with E-state index in [9.17, 15) is 5.26 Å². The number of imidazole rings is 1. The highest BCUT2D eigenvalue weighted by molar-refractivity contribution is 9.10. The molecule has 0 saturated heterocycles. The van der Waals surface area contributed by atoms with Gasteiger partial charge in [-0.3, -0.25) is 0 Å². The van der Waals surface area contributed by atoms with Crippen molar-refractivity contribution in [1.29, 1.82) is 5.26 Å². The Morgan fingerprint density at radius 3 is 2.43 bits per heavy atom. The molecule has 0 unspecified atom stereocenters. The summed E-state index contributed by atoms with van der Waals surface area (Å²) in [4.78, 5) is 10.1. The number of hydrogen-bond donors (Lipinski definition) is 1. The van der Waals surface area contributed by atoms with Crippen LogP contribution in [0, 0.1) is 11.3 Å². The molecule has 1 aliphatic rings. The van der Waals surface area contributed by atoms with Crippen molar-refractivity contribution in [2.24, 2.45) is 0 Å². The Kier molecular flexibility index (Phi) is 4.91. The van der Waals surface area contributed by atoms with Crippen molar-refractivity contribution in [3.05, 3.63) is 105 Å². The third-order valence-electron chi connectivity index (χ3n) is 4.83. The molecule has 0 spiro atoms. The third-order valence-corrected chi connectivity index (χ3v) is 6.31. The number of H-pyrrole nitrogens is 1. The first-order valence-corrected chi connectivity index (χ1v) is 11.0. The first-order chi connectivity index (χ1) is 14.7. The SMILES string of the molecule is N#C/C(=C1\SC=C(c2ccc(Br)cc2)N1c1ccccc1)c1nc2ccccc2[nH]1. The number of rotatable bonds is 3. The molecule has 1 aromatic heterocycles. The van der Waals surface area contributed by atoms with Crippen LogP contribution in [0.1, 0.15) is 11.4 Å². The minimum Gasteiger partial charge on any atom is -0.337 e. The molecule has 0 saturated carbocycles. The Bertz CT molecular complexity index is 1300. The van der Waals surface area contributed by atoms with E-state index in [1.807, 2.05) is 66.7 Å². The number of aromatic amines is 1. The van der Waals surface area contributed by atoms with E-state index in [0.29, 0.717) is 11.4 Å². The maximum atomic E-state index is 10.1. The van der Waals surface area contributed by atoms with Crippen molar-refractivity contribution in [2.45, 2.75) is 0 Å². The Morgan fingerprint density at radius 2 is 1.70 bits per heavy atom. The monoisotopic (exact) mass is 470 g/mol. The molecule has 0 atom stereocenters. The predicted octanol–water partition coefficient (Wildman–Crippen LogP) is 6.77. The van der Waals surface area contributed by atoms with Crippen molar-refractivity contribution in [1.82, 2.24) is 9.97 Å². The topological polar surface area (TPSA) is 55.7 Å². The molecule has 0 aliphatic carbocycles. The zero-order valence-corrected chi connectivity index (χ0v) is 18.1. The van der Waals surface area contributed by atoms with Crippen LogP contribution >= 0.6 is 27.7 Å². The summed E-state index contributed by atoms with van der Waals surface area (Å²) in [5.74, 6) is 0.576. The molecule has 0 amide bonds. The minimum absolute atomic E-state index is 0.517. The quantitative estimate of drug-likeness (QED) is 0.335.